The minimum atomic E-state index is -0.492. The lowest BCUT2D eigenvalue weighted by Gasteiger charge is -2.28. The zero-order valence-corrected chi connectivity index (χ0v) is 13.0. The molecule has 110 valence electrons. The lowest BCUT2D eigenvalue weighted by molar-refractivity contribution is -0.384. The van der Waals surface area contributed by atoms with Crippen LogP contribution in [0.25, 0.3) is 0 Å². The number of nitrogens with zero attached hydrogens (tertiary/aromatic N) is 1. The monoisotopic (exact) mass is 344 g/mol. The van der Waals surface area contributed by atoms with Crippen molar-refractivity contribution in [3.05, 3.63) is 32.5 Å². The average molecular weight is 345 g/mol. The van der Waals surface area contributed by atoms with Crippen LogP contribution >= 0.6 is 15.9 Å². The molecule has 1 unspecified atom stereocenters. The second-order valence-electron chi connectivity index (χ2n) is 5.37. The highest BCUT2D eigenvalue weighted by Crippen LogP contribution is 2.33. The fourth-order valence-electron chi connectivity index (χ4n) is 2.80. The lowest BCUT2D eigenvalue weighted by atomic mass is 9.84. The van der Waals surface area contributed by atoms with Crippen LogP contribution in [0.3, 0.4) is 0 Å². The standard InChI is InChI=1S/C14H18BrFN2O2/c1-9(10-5-3-2-4-6-10)17-13-8-12(16)11(15)7-14(13)18(19)20/h7-10,17H,2-6H2,1H3. The van der Waals surface area contributed by atoms with Crippen molar-refractivity contribution in [3.8, 4) is 0 Å². The summed E-state index contributed by atoms with van der Waals surface area (Å²) in [6.45, 7) is 2.01. The maximum atomic E-state index is 13.6. The molecule has 4 nitrogen and oxygen atoms in total. The number of hydrogen-bond donors (Lipinski definition) is 1. The van der Waals surface area contributed by atoms with Crippen molar-refractivity contribution < 1.29 is 9.31 Å². The van der Waals surface area contributed by atoms with E-state index < -0.39 is 10.7 Å². The van der Waals surface area contributed by atoms with Gasteiger partial charge in [-0.3, -0.25) is 10.1 Å². The van der Waals surface area contributed by atoms with Gasteiger partial charge in [-0.1, -0.05) is 19.3 Å². The molecular formula is C14H18BrFN2O2. The van der Waals surface area contributed by atoms with Crippen LogP contribution < -0.4 is 5.32 Å². The lowest BCUT2D eigenvalue weighted by Crippen LogP contribution is -2.28. The van der Waals surface area contributed by atoms with Gasteiger partial charge in [0.15, 0.2) is 0 Å². The summed E-state index contributed by atoms with van der Waals surface area (Å²) in [4.78, 5) is 10.6. The summed E-state index contributed by atoms with van der Waals surface area (Å²) in [5, 5.41) is 14.2. The van der Waals surface area contributed by atoms with Crippen LogP contribution in [0.1, 0.15) is 39.0 Å². The van der Waals surface area contributed by atoms with Gasteiger partial charge in [0.1, 0.15) is 11.5 Å². The van der Waals surface area contributed by atoms with Gasteiger partial charge in [-0.05, 0) is 41.6 Å². The Hall–Kier alpha value is -1.17. The molecule has 0 spiro atoms. The molecule has 1 aliphatic carbocycles. The van der Waals surface area contributed by atoms with Crippen molar-refractivity contribution >= 4 is 27.3 Å². The smallest absolute Gasteiger partial charge is 0.293 e. The maximum Gasteiger partial charge on any atom is 0.293 e. The van der Waals surface area contributed by atoms with Gasteiger partial charge in [0, 0.05) is 18.2 Å². The topological polar surface area (TPSA) is 55.2 Å². The predicted octanol–water partition coefficient (Wildman–Crippen LogP) is 4.88. The number of nitro benzene ring substituents is 1. The van der Waals surface area contributed by atoms with Crippen LogP contribution in [-0.2, 0) is 0 Å². The number of nitrogens with one attached hydrogen (secondary N) is 1. The van der Waals surface area contributed by atoms with E-state index in [9.17, 15) is 14.5 Å². The third kappa shape index (κ3) is 3.48. The van der Waals surface area contributed by atoms with Gasteiger partial charge in [0.2, 0.25) is 0 Å². The van der Waals surface area contributed by atoms with Crippen LogP contribution in [0.4, 0.5) is 15.8 Å². The summed E-state index contributed by atoms with van der Waals surface area (Å²) in [6, 6.07) is 2.52. The van der Waals surface area contributed by atoms with Crippen molar-refractivity contribution in [3.63, 3.8) is 0 Å². The zero-order valence-electron chi connectivity index (χ0n) is 11.4. The van der Waals surface area contributed by atoms with E-state index in [0.717, 1.165) is 12.8 Å². The Labute approximate surface area is 126 Å². The van der Waals surface area contributed by atoms with E-state index in [2.05, 4.69) is 21.2 Å². The molecule has 0 amide bonds. The van der Waals surface area contributed by atoms with Crippen molar-refractivity contribution in [2.24, 2.45) is 5.92 Å². The molecule has 1 fully saturated rings. The minimum absolute atomic E-state index is 0.0964. The number of nitro groups is 1. The molecule has 0 aromatic heterocycles. The fraction of sp³-hybridized carbons (Fsp3) is 0.571. The first kappa shape index (κ1) is 15.2. The normalized spacial score (nSPS) is 17.8. The Morgan fingerprint density at radius 1 is 1.40 bits per heavy atom. The van der Waals surface area contributed by atoms with Gasteiger partial charge < -0.3 is 5.32 Å². The van der Waals surface area contributed by atoms with E-state index in [-0.39, 0.29) is 21.9 Å². The first-order valence-electron chi connectivity index (χ1n) is 6.89. The summed E-state index contributed by atoms with van der Waals surface area (Å²) in [6.07, 6.45) is 5.92. The highest BCUT2D eigenvalue weighted by atomic mass is 79.9. The Bertz CT molecular complexity index is 504. The molecule has 0 saturated heterocycles. The average Bonchev–Trinajstić information content (AvgIpc) is 2.43. The van der Waals surface area contributed by atoms with Gasteiger partial charge in [0.05, 0.1) is 9.40 Å². The maximum absolute atomic E-state index is 13.6. The largest absolute Gasteiger partial charge is 0.377 e. The second kappa shape index (κ2) is 6.52. The van der Waals surface area contributed by atoms with Crippen LogP contribution in [0.2, 0.25) is 0 Å². The molecule has 1 aliphatic rings. The van der Waals surface area contributed by atoms with Gasteiger partial charge in [0.25, 0.3) is 5.69 Å². The molecule has 0 aliphatic heterocycles. The van der Waals surface area contributed by atoms with Crippen molar-refractivity contribution in [2.45, 2.75) is 45.1 Å². The second-order valence-corrected chi connectivity index (χ2v) is 6.23. The van der Waals surface area contributed by atoms with Gasteiger partial charge in [-0.25, -0.2) is 4.39 Å². The van der Waals surface area contributed by atoms with Gasteiger partial charge in [-0.15, -0.1) is 0 Å². The molecule has 20 heavy (non-hydrogen) atoms. The van der Waals surface area contributed by atoms with Crippen molar-refractivity contribution in [1.29, 1.82) is 0 Å². The number of benzene rings is 1. The third-order valence-electron chi connectivity index (χ3n) is 3.98. The van der Waals surface area contributed by atoms with E-state index in [0.29, 0.717) is 5.92 Å². The van der Waals surface area contributed by atoms with Gasteiger partial charge in [-0.2, -0.15) is 0 Å². The van der Waals surface area contributed by atoms with Crippen molar-refractivity contribution in [2.75, 3.05) is 5.32 Å². The number of anilines is 1. The van der Waals surface area contributed by atoms with Crippen LogP contribution in [0.5, 0.6) is 0 Å². The van der Waals surface area contributed by atoms with E-state index >= 15 is 0 Å². The molecule has 0 bridgehead atoms. The Morgan fingerprint density at radius 2 is 2.05 bits per heavy atom. The minimum Gasteiger partial charge on any atom is -0.377 e. The Morgan fingerprint density at radius 3 is 2.65 bits per heavy atom. The van der Waals surface area contributed by atoms with E-state index in [4.69, 9.17) is 0 Å². The fourth-order valence-corrected chi connectivity index (χ4v) is 3.13. The molecule has 6 heteroatoms. The molecule has 1 saturated carbocycles. The van der Waals surface area contributed by atoms with Crippen LogP contribution in [-0.4, -0.2) is 11.0 Å². The summed E-state index contributed by atoms with van der Waals surface area (Å²) in [7, 11) is 0. The summed E-state index contributed by atoms with van der Waals surface area (Å²) >= 11 is 2.98. The van der Waals surface area contributed by atoms with E-state index in [1.54, 1.807) is 0 Å². The van der Waals surface area contributed by atoms with Crippen LogP contribution in [0, 0.1) is 21.8 Å². The molecule has 1 atom stereocenters. The molecule has 1 aromatic carbocycles. The van der Waals surface area contributed by atoms with E-state index in [1.807, 2.05) is 6.92 Å². The van der Waals surface area contributed by atoms with Crippen molar-refractivity contribution in [1.82, 2.24) is 0 Å². The zero-order chi connectivity index (χ0) is 14.7. The Kier molecular flexibility index (Phi) is 4.96. The predicted molar refractivity (Wildman–Crippen MR) is 80.4 cm³/mol. The van der Waals surface area contributed by atoms with E-state index in [1.165, 1.54) is 31.4 Å². The molecule has 1 aromatic rings. The number of hydrogen-bond acceptors (Lipinski definition) is 3. The number of rotatable bonds is 4. The summed E-state index contributed by atoms with van der Waals surface area (Å²) in [5.74, 6) is 0.00371. The highest BCUT2D eigenvalue weighted by molar-refractivity contribution is 9.10. The highest BCUT2D eigenvalue weighted by Gasteiger charge is 2.24. The molecule has 1 N–H and O–H groups in total. The molecule has 0 radical (unpaired) electrons. The molecular weight excluding hydrogens is 327 g/mol. The SMILES string of the molecule is CC(Nc1cc(F)c(Br)cc1[N+](=O)[O-])C1CCCCC1. The molecule has 0 heterocycles. The number of halogens is 2. The summed E-state index contributed by atoms with van der Waals surface area (Å²) < 4.78 is 13.7. The van der Waals surface area contributed by atoms with Crippen LogP contribution in [0.15, 0.2) is 16.6 Å². The first-order chi connectivity index (χ1) is 9.49. The molecule has 2 rings (SSSR count). The Balaban J connectivity index is 2.19. The quantitative estimate of drug-likeness (QED) is 0.625. The summed E-state index contributed by atoms with van der Waals surface area (Å²) in [5.41, 5.74) is 0.162. The third-order valence-corrected chi connectivity index (χ3v) is 4.58. The first-order valence-corrected chi connectivity index (χ1v) is 7.68. The van der Waals surface area contributed by atoms with Gasteiger partial charge >= 0.3 is 0 Å².